The van der Waals surface area contributed by atoms with Gasteiger partial charge in [0.2, 0.25) is 0 Å². The van der Waals surface area contributed by atoms with Crippen LogP contribution in [0.1, 0.15) is 24.2 Å². The van der Waals surface area contributed by atoms with Gasteiger partial charge in [0.15, 0.2) is 0 Å². The summed E-state index contributed by atoms with van der Waals surface area (Å²) in [7, 11) is 1.69. The van der Waals surface area contributed by atoms with Crippen LogP contribution in [0.5, 0.6) is 5.75 Å². The second kappa shape index (κ2) is 7.47. The van der Waals surface area contributed by atoms with Gasteiger partial charge >= 0.3 is 0 Å². The lowest BCUT2D eigenvalue weighted by Crippen LogP contribution is -2.31. The molecular formula is C21H23NO2. The van der Waals surface area contributed by atoms with Gasteiger partial charge in [-0.25, -0.2) is 0 Å². The molecule has 2 atom stereocenters. The fourth-order valence-corrected chi connectivity index (χ4v) is 3.00. The van der Waals surface area contributed by atoms with Gasteiger partial charge in [-0.2, -0.15) is 0 Å². The van der Waals surface area contributed by atoms with Gasteiger partial charge in [-0.3, -0.25) is 0 Å². The maximum atomic E-state index is 10.5. The van der Waals surface area contributed by atoms with E-state index in [1.54, 1.807) is 7.11 Å². The first-order valence-electron chi connectivity index (χ1n) is 8.21. The number of aliphatic hydroxyl groups is 1. The van der Waals surface area contributed by atoms with Crippen molar-refractivity contribution in [2.45, 2.75) is 25.6 Å². The first kappa shape index (κ1) is 16.5. The van der Waals surface area contributed by atoms with Crippen molar-refractivity contribution in [3.05, 3.63) is 77.9 Å². The number of fused-ring (bicyclic) bond motifs is 1. The number of hydrogen-bond donors (Lipinski definition) is 2. The Bertz CT molecular complexity index is 801. The van der Waals surface area contributed by atoms with Crippen LogP contribution in [0.4, 0.5) is 0 Å². The zero-order chi connectivity index (χ0) is 16.9. The number of methoxy groups -OCH3 is 1. The monoisotopic (exact) mass is 321 g/mol. The standard InChI is InChI=1S/C21H23NO2/c1-15(21(23)17-9-4-3-5-10-17)22-14-19-18-11-7-6-8-16(18)12-13-20(19)24-2/h3-13,15,21-23H,14H2,1-2H3. The van der Waals surface area contributed by atoms with Crippen LogP contribution in [0.25, 0.3) is 10.8 Å². The summed E-state index contributed by atoms with van der Waals surface area (Å²) >= 11 is 0. The van der Waals surface area contributed by atoms with Crippen molar-refractivity contribution in [2.75, 3.05) is 7.11 Å². The summed E-state index contributed by atoms with van der Waals surface area (Å²) in [4.78, 5) is 0. The molecule has 0 aliphatic rings. The average molecular weight is 321 g/mol. The highest BCUT2D eigenvalue weighted by Gasteiger charge is 2.17. The molecule has 0 aromatic heterocycles. The molecule has 124 valence electrons. The molecule has 2 unspecified atom stereocenters. The van der Waals surface area contributed by atoms with Gasteiger partial charge in [0, 0.05) is 18.2 Å². The summed E-state index contributed by atoms with van der Waals surface area (Å²) in [5.41, 5.74) is 2.03. The van der Waals surface area contributed by atoms with Gasteiger partial charge in [-0.15, -0.1) is 0 Å². The van der Waals surface area contributed by atoms with E-state index < -0.39 is 6.10 Å². The zero-order valence-electron chi connectivity index (χ0n) is 14.1. The molecule has 24 heavy (non-hydrogen) atoms. The Morgan fingerprint density at radius 3 is 2.42 bits per heavy atom. The molecular weight excluding hydrogens is 298 g/mol. The van der Waals surface area contributed by atoms with Gasteiger partial charge in [0.05, 0.1) is 13.2 Å². The molecule has 0 heterocycles. The Hall–Kier alpha value is -2.36. The first-order valence-corrected chi connectivity index (χ1v) is 8.21. The fourth-order valence-electron chi connectivity index (χ4n) is 3.00. The fraction of sp³-hybridized carbons (Fsp3) is 0.238. The number of ether oxygens (including phenoxy) is 1. The molecule has 0 amide bonds. The summed E-state index contributed by atoms with van der Waals surface area (Å²) in [6.45, 7) is 2.63. The molecule has 0 saturated heterocycles. The topological polar surface area (TPSA) is 41.5 Å². The average Bonchev–Trinajstić information content (AvgIpc) is 2.65. The van der Waals surface area contributed by atoms with E-state index in [2.05, 4.69) is 23.5 Å². The van der Waals surface area contributed by atoms with E-state index in [1.165, 1.54) is 10.8 Å². The van der Waals surface area contributed by atoms with E-state index in [1.807, 2.05) is 55.5 Å². The van der Waals surface area contributed by atoms with Crippen LogP contribution in [-0.4, -0.2) is 18.3 Å². The van der Waals surface area contributed by atoms with Crippen LogP contribution in [0.3, 0.4) is 0 Å². The van der Waals surface area contributed by atoms with Crippen molar-refractivity contribution in [1.29, 1.82) is 0 Å². The highest BCUT2D eigenvalue weighted by atomic mass is 16.5. The van der Waals surface area contributed by atoms with Crippen LogP contribution in [-0.2, 0) is 6.54 Å². The second-order valence-electron chi connectivity index (χ2n) is 5.99. The number of hydrogen-bond acceptors (Lipinski definition) is 3. The van der Waals surface area contributed by atoms with E-state index in [0.29, 0.717) is 6.54 Å². The van der Waals surface area contributed by atoms with Crippen molar-refractivity contribution >= 4 is 10.8 Å². The van der Waals surface area contributed by atoms with Gasteiger partial charge in [-0.05, 0) is 29.3 Å². The van der Waals surface area contributed by atoms with Crippen LogP contribution >= 0.6 is 0 Å². The quantitative estimate of drug-likeness (QED) is 0.719. The second-order valence-corrected chi connectivity index (χ2v) is 5.99. The number of nitrogens with one attached hydrogen (secondary N) is 1. The molecule has 3 rings (SSSR count). The summed E-state index contributed by atoms with van der Waals surface area (Å²) in [5, 5.41) is 16.3. The van der Waals surface area contributed by atoms with Crippen molar-refractivity contribution in [3.8, 4) is 5.75 Å². The van der Waals surface area contributed by atoms with E-state index in [-0.39, 0.29) is 6.04 Å². The summed E-state index contributed by atoms with van der Waals surface area (Å²) in [5.74, 6) is 0.864. The molecule has 0 radical (unpaired) electrons. The van der Waals surface area contributed by atoms with Crippen molar-refractivity contribution < 1.29 is 9.84 Å². The lowest BCUT2D eigenvalue weighted by molar-refractivity contribution is 0.135. The molecule has 3 aromatic carbocycles. The third-order valence-electron chi connectivity index (χ3n) is 4.43. The van der Waals surface area contributed by atoms with Crippen LogP contribution < -0.4 is 10.1 Å². The van der Waals surface area contributed by atoms with Crippen LogP contribution in [0.2, 0.25) is 0 Å². The Kier molecular flexibility index (Phi) is 5.14. The van der Waals surface area contributed by atoms with Crippen molar-refractivity contribution in [3.63, 3.8) is 0 Å². The SMILES string of the molecule is COc1ccc2ccccc2c1CNC(C)C(O)c1ccccc1. The molecule has 0 fully saturated rings. The van der Waals surface area contributed by atoms with E-state index in [0.717, 1.165) is 16.9 Å². The summed E-state index contributed by atoms with van der Waals surface area (Å²) in [6, 6.07) is 22.0. The highest BCUT2D eigenvalue weighted by molar-refractivity contribution is 5.87. The van der Waals surface area contributed by atoms with Crippen molar-refractivity contribution in [1.82, 2.24) is 5.32 Å². The van der Waals surface area contributed by atoms with E-state index >= 15 is 0 Å². The highest BCUT2D eigenvalue weighted by Crippen LogP contribution is 2.28. The Balaban J connectivity index is 1.80. The predicted molar refractivity (Wildman–Crippen MR) is 98.2 cm³/mol. The van der Waals surface area contributed by atoms with Crippen LogP contribution in [0, 0.1) is 0 Å². The Labute approximate surface area is 142 Å². The minimum atomic E-state index is -0.549. The molecule has 0 aliphatic heterocycles. The predicted octanol–water partition coefficient (Wildman–Crippen LogP) is 4.06. The number of aliphatic hydroxyl groups excluding tert-OH is 1. The molecule has 0 bridgehead atoms. The smallest absolute Gasteiger partial charge is 0.123 e. The maximum absolute atomic E-state index is 10.5. The largest absolute Gasteiger partial charge is 0.496 e. The van der Waals surface area contributed by atoms with Crippen molar-refractivity contribution in [2.24, 2.45) is 0 Å². The third-order valence-corrected chi connectivity index (χ3v) is 4.43. The van der Waals surface area contributed by atoms with E-state index in [4.69, 9.17) is 4.74 Å². The molecule has 3 aromatic rings. The normalized spacial score (nSPS) is 13.6. The Morgan fingerprint density at radius 2 is 1.67 bits per heavy atom. The third kappa shape index (κ3) is 3.42. The van der Waals surface area contributed by atoms with E-state index in [9.17, 15) is 5.11 Å². The molecule has 2 N–H and O–H groups in total. The lowest BCUT2D eigenvalue weighted by Gasteiger charge is -2.22. The minimum Gasteiger partial charge on any atom is -0.496 e. The molecule has 0 saturated carbocycles. The van der Waals surface area contributed by atoms with Crippen LogP contribution in [0.15, 0.2) is 66.7 Å². The summed E-state index contributed by atoms with van der Waals surface area (Å²) in [6.07, 6.45) is -0.549. The van der Waals surface area contributed by atoms with Gasteiger partial charge < -0.3 is 15.2 Å². The lowest BCUT2D eigenvalue weighted by atomic mass is 10.0. The first-order chi connectivity index (χ1) is 11.7. The number of benzene rings is 3. The minimum absolute atomic E-state index is 0.0731. The zero-order valence-corrected chi connectivity index (χ0v) is 14.1. The number of rotatable bonds is 6. The molecule has 0 spiro atoms. The molecule has 0 aliphatic carbocycles. The maximum Gasteiger partial charge on any atom is 0.123 e. The Morgan fingerprint density at radius 1 is 0.958 bits per heavy atom. The molecule has 3 heteroatoms. The van der Waals surface area contributed by atoms with Gasteiger partial charge in [0.1, 0.15) is 5.75 Å². The van der Waals surface area contributed by atoms with Gasteiger partial charge in [-0.1, -0.05) is 60.7 Å². The van der Waals surface area contributed by atoms with Gasteiger partial charge in [0.25, 0.3) is 0 Å². The summed E-state index contributed by atoms with van der Waals surface area (Å²) < 4.78 is 5.53. The molecule has 3 nitrogen and oxygen atoms in total.